The van der Waals surface area contributed by atoms with E-state index in [-0.39, 0.29) is 24.3 Å². The fourth-order valence-corrected chi connectivity index (χ4v) is 1.35. The summed E-state index contributed by atoms with van der Waals surface area (Å²) in [6, 6.07) is 1.57. The molecule has 1 rings (SSSR count). The van der Waals surface area contributed by atoms with Crippen LogP contribution >= 0.6 is 0 Å². The van der Waals surface area contributed by atoms with Gasteiger partial charge in [0.05, 0.1) is 6.61 Å². The van der Waals surface area contributed by atoms with Gasteiger partial charge in [-0.3, -0.25) is 4.79 Å². The highest BCUT2D eigenvalue weighted by molar-refractivity contribution is 5.75. The molecule has 7 nitrogen and oxygen atoms in total. The fourth-order valence-electron chi connectivity index (χ4n) is 1.35. The first-order valence-corrected chi connectivity index (χ1v) is 5.37. The zero-order valence-electron chi connectivity index (χ0n) is 10.0. The van der Waals surface area contributed by atoms with Gasteiger partial charge < -0.3 is 21.1 Å². The van der Waals surface area contributed by atoms with Crippen LogP contribution in [0.25, 0.3) is 0 Å². The van der Waals surface area contributed by atoms with Crippen LogP contribution in [-0.2, 0) is 9.53 Å². The number of nitrogens with two attached hydrogens (primary N) is 2. The van der Waals surface area contributed by atoms with Gasteiger partial charge in [0.15, 0.2) is 0 Å². The number of nitrogens with zero attached hydrogens (tertiary/aromatic N) is 3. The van der Waals surface area contributed by atoms with E-state index in [1.165, 1.54) is 0 Å². The van der Waals surface area contributed by atoms with E-state index in [2.05, 4.69) is 9.97 Å². The zero-order valence-corrected chi connectivity index (χ0v) is 10.0. The van der Waals surface area contributed by atoms with Crippen LogP contribution in [0.3, 0.4) is 0 Å². The third kappa shape index (κ3) is 3.78. The second kappa shape index (κ2) is 5.88. The molecule has 0 fully saturated rings. The van der Waals surface area contributed by atoms with Crippen molar-refractivity contribution in [2.24, 2.45) is 0 Å². The largest absolute Gasteiger partial charge is 0.465 e. The van der Waals surface area contributed by atoms with Gasteiger partial charge in [-0.05, 0) is 13.8 Å². The minimum Gasteiger partial charge on any atom is -0.465 e. The SMILES string of the molecule is CCOC(=O)CN(CC)c1cc(N)nc(N)n1. The first-order chi connectivity index (χ1) is 8.06. The Bertz CT molecular complexity index is 376. The van der Waals surface area contributed by atoms with Crippen LogP contribution in [0.2, 0.25) is 0 Å². The molecule has 0 aliphatic rings. The van der Waals surface area contributed by atoms with Crippen molar-refractivity contribution in [3.63, 3.8) is 0 Å². The molecular formula is C10H17N5O2. The predicted molar refractivity (Wildman–Crippen MR) is 65.4 cm³/mol. The molecule has 7 heteroatoms. The number of esters is 1. The molecule has 0 aliphatic heterocycles. The number of ether oxygens (including phenoxy) is 1. The minimum absolute atomic E-state index is 0.0855. The maximum Gasteiger partial charge on any atom is 0.325 e. The molecule has 94 valence electrons. The van der Waals surface area contributed by atoms with Gasteiger partial charge in [0.25, 0.3) is 0 Å². The smallest absolute Gasteiger partial charge is 0.325 e. The van der Waals surface area contributed by atoms with Crippen LogP contribution in [-0.4, -0.2) is 35.6 Å². The first kappa shape index (κ1) is 13.0. The van der Waals surface area contributed by atoms with E-state index in [0.717, 1.165) is 0 Å². The Hall–Kier alpha value is -2.05. The second-order valence-corrected chi connectivity index (χ2v) is 3.33. The van der Waals surface area contributed by atoms with E-state index < -0.39 is 0 Å². The summed E-state index contributed by atoms with van der Waals surface area (Å²) in [6.07, 6.45) is 0. The molecule has 0 radical (unpaired) electrons. The van der Waals surface area contributed by atoms with Gasteiger partial charge in [0.1, 0.15) is 18.2 Å². The molecule has 4 N–H and O–H groups in total. The second-order valence-electron chi connectivity index (χ2n) is 3.33. The Morgan fingerprint density at radius 3 is 2.65 bits per heavy atom. The molecule has 1 aromatic rings. The molecule has 0 aliphatic carbocycles. The van der Waals surface area contributed by atoms with E-state index in [9.17, 15) is 4.79 Å². The van der Waals surface area contributed by atoms with Gasteiger partial charge in [0.2, 0.25) is 5.95 Å². The molecule has 0 saturated carbocycles. The molecule has 1 aromatic heterocycles. The molecule has 0 unspecified atom stereocenters. The van der Waals surface area contributed by atoms with Crippen LogP contribution in [0.4, 0.5) is 17.6 Å². The van der Waals surface area contributed by atoms with E-state index >= 15 is 0 Å². The lowest BCUT2D eigenvalue weighted by Crippen LogP contribution is -2.31. The summed E-state index contributed by atoms with van der Waals surface area (Å²) >= 11 is 0. The van der Waals surface area contributed by atoms with Crippen LogP contribution < -0.4 is 16.4 Å². The highest BCUT2D eigenvalue weighted by Gasteiger charge is 2.13. The summed E-state index contributed by atoms with van der Waals surface area (Å²) in [5, 5.41) is 0. The number of aromatic nitrogens is 2. The number of carbonyl (C=O) groups excluding carboxylic acids is 1. The number of anilines is 3. The number of hydrogen-bond donors (Lipinski definition) is 2. The van der Waals surface area contributed by atoms with Crippen molar-refractivity contribution in [1.82, 2.24) is 9.97 Å². The van der Waals surface area contributed by atoms with Gasteiger partial charge in [0, 0.05) is 12.6 Å². The average Bonchev–Trinajstić information content (AvgIpc) is 2.24. The molecule has 0 amide bonds. The number of hydrogen-bond acceptors (Lipinski definition) is 7. The van der Waals surface area contributed by atoms with Gasteiger partial charge in [-0.15, -0.1) is 0 Å². The van der Waals surface area contributed by atoms with Crippen molar-refractivity contribution in [3.05, 3.63) is 6.07 Å². The van der Waals surface area contributed by atoms with Crippen LogP contribution in [0, 0.1) is 0 Å². The highest BCUT2D eigenvalue weighted by Crippen LogP contribution is 2.14. The number of carbonyl (C=O) groups is 1. The van der Waals surface area contributed by atoms with E-state index in [1.54, 1.807) is 17.9 Å². The molecule has 17 heavy (non-hydrogen) atoms. The summed E-state index contributed by atoms with van der Waals surface area (Å²) in [5.74, 6) is 0.563. The van der Waals surface area contributed by atoms with Crippen LogP contribution in [0.5, 0.6) is 0 Å². The molecule has 0 bridgehead atoms. The van der Waals surface area contributed by atoms with Crippen molar-refractivity contribution in [2.75, 3.05) is 36.1 Å². The van der Waals surface area contributed by atoms with E-state index in [1.807, 2.05) is 6.92 Å². The third-order valence-corrected chi connectivity index (χ3v) is 2.08. The number of nitrogen functional groups attached to an aromatic ring is 2. The highest BCUT2D eigenvalue weighted by atomic mass is 16.5. The van der Waals surface area contributed by atoms with Crippen LogP contribution in [0.1, 0.15) is 13.8 Å². The van der Waals surface area contributed by atoms with Gasteiger partial charge in [-0.1, -0.05) is 0 Å². The third-order valence-electron chi connectivity index (χ3n) is 2.08. The van der Waals surface area contributed by atoms with E-state index in [0.29, 0.717) is 19.0 Å². The number of rotatable bonds is 5. The van der Waals surface area contributed by atoms with Crippen molar-refractivity contribution < 1.29 is 9.53 Å². The maximum absolute atomic E-state index is 11.4. The van der Waals surface area contributed by atoms with Crippen molar-refractivity contribution >= 4 is 23.6 Å². The standard InChI is InChI=1S/C10H17N5O2/c1-3-15(6-9(16)17-4-2)8-5-7(11)13-10(12)14-8/h5H,3-4,6H2,1-2H3,(H4,11,12,13,14). The van der Waals surface area contributed by atoms with Crippen molar-refractivity contribution in [1.29, 1.82) is 0 Å². The Kier molecular flexibility index (Phi) is 4.50. The molecule has 0 saturated heterocycles. The summed E-state index contributed by atoms with van der Waals surface area (Å²) in [5.41, 5.74) is 11.1. The monoisotopic (exact) mass is 239 g/mol. The number of likely N-dealkylation sites (N-methyl/N-ethyl adjacent to an activating group) is 1. The summed E-state index contributed by atoms with van der Waals surface area (Å²) in [7, 11) is 0. The van der Waals surface area contributed by atoms with Crippen molar-refractivity contribution in [3.8, 4) is 0 Å². The lowest BCUT2D eigenvalue weighted by molar-refractivity contribution is -0.141. The lowest BCUT2D eigenvalue weighted by atomic mass is 10.4. The lowest BCUT2D eigenvalue weighted by Gasteiger charge is -2.20. The molecule has 0 aromatic carbocycles. The molecule has 0 atom stereocenters. The summed E-state index contributed by atoms with van der Waals surface area (Å²) in [6.45, 7) is 4.71. The predicted octanol–water partition coefficient (Wildman–Crippen LogP) is 0.0304. The quantitative estimate of drug-likeness (QED) is 0.698. The maximum atomic E-state index is 11.4. The first-order valence-electron chi connectivity index (χ1n) is 5.37. The Morgan fingerprint density at radius 1 is 1.41 bits per heavy atom. The van der Waals surface area contributed by atoms with Gasteiger partial charge in [-0.2, -0.15) is 9.97 Å². The van der Waals surface area contributed by atoms with E-state index in [4.69, 9.17) is 16.2 Å². The fraction of sp³-hybridized carbons (Fsp3) is 0.500. The Balaban J connectivity index is 2.82. The molecule has 0 spiro atoms. The molecule has 1 heterocycles. The zero-order chi connectivity index (χ0) is 12.8. The topological polar surface area (TPSA) is 107 Å². The van der Waals surface area contributed by atoms with Crippen LogP contribution in [0.15, 0.2) is 6.07 Å². The van der Waals surface area contributed by atoms with Gasteiger partial charge >= 0.3 is 5.97 Å². The molecular weight excluding hydrogens is 222 g/mol. The average molecular weight is 239 g/mol. The summed E-state index contributed by atoms with van der Waals surface area (Å²) in [4.78, 5) is 20.9. The van der Waals surface area contributed by atoms with Crippen molar-refractivity contribution in [2.45, 2.75) is 13.8 Å². The normalized spacial score (nSPS) is 10.0. The minimum atomic E-state index is -0.315. The summed E-state index contributed by atoms with van der Waals surface area (Å²) < 4.78 is 4.87. The van der Waals surface area contributed by atoms with Gasteiger partial charge in [-0.25, -0.2) is 0 Å². The Labute approximate surface area is 99.8 Å². The Morgan fingerprint density at radius 2 is 2.12 bits per heavy atom.